The summed E-state index contributed by atoms with van der Waals surface area (Å²) < 4.78 is 0. The third-order valence-corrected chi connectivity index (χ3v) is 2.72. The van der Waals surface area contributed by atoms with Crippen LogP contribution in [-0.2, 0) is 0 Å². The number of pyridine rings is 1. The molecule has 2 heterocycles. The van der Waals surface area contributed by atoms with Crippen LogP contribution in [0.25, 0.3) is 0 Å². The zero-order valence-electron chi connectivity index (χ0n) is 8.40. The molecule has 2 N–H and O–H groups in total. The predicted octanol–water partition coefficient (Wildman–Crippen LogP) is 1.18. The minimum absolute atomic E-state index is 0.207. The molecule has 0 aliphatic carbocycles. The normalized spacial score (nSPS) is 23.7. The fraction of sp³-hybridized carbons (Fsp3) is 0.545. The molecular formula is C11H16N2O. The molecule has 0 spiro atoms. The van der Waals surface area contributed by atoms with E-state index in [9.17, 15) is 5.11 Å². The molecule has 0 bridgehead atoms. The zero-order valence-corrected chi connectivity index (χ0v) is 8.40. The van der Waals surface area contributed by atoms with Crippen molar-refractivity contribution in [2.75, 3.05) is 6.54 Å². The topological polar surface area (TPSA) is 45.2 Å². The van der Waals surface area contributed by atoms with E-state index in [4.69, 9.17) is 0 Å². The van der Waals surface area contributed by atoms with Crippen LogP contribution in [0.15, 0.2) is 18.5 Å². The van der Waals surface area contributed by atoms with Gasteiger partial charge in [-0.15, -0.1) is 0 Å². The number of aromatic nitrogens is 1. The average Bonchev–Trinajstić information content (AvgIpc) is 2.69. The molecule has 76 valence electrons. The van der Waals surface area contributed by atoms with Gasteiger partial charge in [0.05, 0.1) is 6.10 Å². The predicted molar refractivity (Wildman–Crippen MR) is 55.0 cm³/mol. The van der Waals surface area contributed by atoms with Crippen LogP contribution in [0.2, 0.25) is 0 Å². The van der Waals surface area contributed by atoms with Gasteiger partial charge < -0.3 is 10.4 Å². The lowest BCUT2D eigenvalue weighted by Crippen LogP contribution is -2.28. The van der Waals surface area contributed by atoms with Gasteiger partial charge in [-0.05, 0) is 31.9 Å². The fourth-order valence-electron chi connectivity index (χ4n) is 1.95. The minimum atomic E-state index is -0.412. The molecule has 3 heteroatoms. The van der Waals surface area contributed by atoms with E-state index in [1.165, 1.54) is 0 Å². The number of nitrogens with one attached hydrogen (secondary N) is 1. The maximum atomic E-state index is 10.0. The number of aliphatic hydroxyl groups is 1. The molecule has 3 nitrogen and oxygen atoms in total. The molecule has 0 aromatic carbocycles. The first-order chi connectivity index (χ1) is 6.77. The summed E-state index contributed by atoms with van der Waals surface area (Å²) in [4.78, 5) is 4.09. The zero-order chi connectivity index (χ0) is 9.97. The van der Waals surface area contributed by atoms with Gasteiger partial charge in [0.25, 0.3) is 0 Å². The van der Waals surface area contributed by atoms with E-state index in [-0.39, 0.29) is 6.04 Å². The van der Waals surface area contributed by atoms with Gasteiger partial charge in [0.1, 0.15) is 0 Å². The molecule has 0 amide bonds. The second-order valence-corrected chi connectivity index (χ2v) is 3.94. The number of hydrogen-bond donors (Lipinski definition) is 2. The highest BCUT2D eigenvalue weighted by molar-refractivity contribution is 5.20. The summed E-state index contributed by atoms with van der Waals surface area (Å²) >= 11 is 0. The average molecular weight is 192 g/mol. The molecule has 0 radical (unpaired) electrons. The fourth-order valence-corrected chi connectivity index (χ4v) is 1.95. The first kappa shape index (κ1) is 9.62. The van der Waals surface area contributed by atoms with E-state index < -0.39 is 6.10 Å². The lowest BCUT2D eigenvalue weighted by molar-refractivity contribution is 0.137. The van der Waals surface area contributed by atoms with Crippen molar-refractivity contribution in [1.82, 2.24) is 10.3 Å². The molecule has 1 aliphatic rings. The molecule has 1 aromatic rings. The number of nitrogens with zero attached hydrogens (tertiary/aromatic N) is 1. The molecule has 2 atom stereocenters. The molecule has 2 rings (SSSR count). The Balaban J connectivity index is 2.13. The Morgan fingerprint density at radius 3 is 3.07 bits per heavy atom. The maximum Gasteiger partial charge on any atom is 0.0957 e. The van der Waals surface area contributed by atoms with E-state index in [0.29, 0.717) is 0 Å². The third kappa shape index (κ3) is 1.94. The largest absolute Gasteiger partial charge is 0.387 e. The summed E-state index contributed by atoms with van der Waals surface area (Å²) in [5, 5.41) is 13.3. The first-order valence-corrected chi connectivity index (χ1v) is 5.10. The molecule has 14 heavy (non-hydrogen) atoms. The summed E-state index contributed by atoms with van der Waals surface area (Å²) in [5.74, 6) is 0. The Labute approximate surface area is 84.2 Å². The van der Waals surface area contributed by atoms with Crippen LogP contribution in [0.3, 0.4) is 0 Å². The van der Waals surface area contributed by atoms with Crippen molar-refractivity contribution in [1.29, 1.82) is 0 Å². The van der Waals surface area contributed by atoms with E-state index in [0.717, 1.165) is 30.5 Å². The van der Waals surface area contributed by atoms with E-state index in [1.807, 2.05) is 13.0 Å². The quantitative estimate of drug-likeness (QED) is 0.739. The van der Waals surface area contributed by atoms with Crippen LogP contribution in [-0.4, -0.2) is 22.7 Å². The highest BCUT2D eigenvalue weighted by Gasteiger charge is 2.23. The highest BCUT2D eigenvalue weighted by Crippen LogP contribution is 2.22. The van der Waals surface area contributed by atoms with Crippen molar-refractivity contribution in [3.05, 3.63) is 29.6 Å². The van der Waals surface area contributed by atoms with Crippen molar-refractivity contribution in [2.45, 2.75) is 31.9 Å². The van der Waals surface area contributed by atoms with Crippen LogP contribution >= 0.6 is 0 Å². The van der Waals surface area contributed by atoms with E-state index >= 15 is 0 Å². The molecule has 1 fully saturated rings. The van der Waals surface area contributed by atoms with E-state index in [2.05, 4.69) is 10.3 Å². The van der Waals surface area contributed by atoms with Crippen molar-refractivity contribution >= 4 is 0 Å². The highest BCUT2D eigenvalue weighted by atomic mass is 16.3. The van der Waals surface area contributed by atoms with E-state index in [1.54, 1.807) is 12.4 Å². The third-order valence-electron chi connectivity index (χ3n) is 2.72. The van der Waals surface area contributed by atoms with Gasteiger partial charge in [-0.2, -0.15) is 0 Å². The van der Waals surface area contributed by atoms with Gasteiger partial charge in [-0.25, -0.2) is 0 Å². The molecule has 0 saturated carbocycles. The SMILES string of the molecule is Cc1cncc([C@@H](O)[C@H]2CCCN2)c1. The van der Waals surface area contributed by atoms with Crippen LogP contribution < -0.4 is 5.32 Å². The number of hydrogen-bond acceptors (Lipinski definition) is 3. The van der Waals surface area contributed by atoms with Crippen molar-refractivity contribution < 1.29 is 5.11 Å². The summed E-state index contributed by atoms with van der Waals surface area (Å²) in [6.07, 6.45) is 5.34. The number of aliphatic hydroxyl groups excluding tert-OH is 1. The molecule has 1 saturated heterocycles. The maximum absolute atomic E-state index is 10.0. The lowest BCUT2D eigenvalue weighted by atomic mass is 10.0. The van der Waals surface area contributed by atoms with Crippen molar-refractivity contribution in [3.8, 4) is 0 Å². The Morgan fingerprint density at radius 1 is 1.57 bits per heavy atom. The van der Waals surface area contributed by atoms with Gasteiger partial charge in [-0.1, -0.05) is 6.07 Å². The summed E-state index contributed by atoms with van der Waals surface area (Å²) in [5.41, 5.74) is 2.02. The van der Waals surface area contributed by atoms with Crippen LogP contribution in [0.4, 0.5) is 0 Å². The first-order valence-electron chi connectivity index (χ1n) is 5.10. The lowest BCUT2D eigenvalue weighted by Gasteiger charge is -2.18. The van der Waals surface area contributed by atoms with Gasteiger partial charge in [0, 0.05) is 24.0 Å². The number of rotatable bonds is 2. The second kappa shape index (κ2) is 4.07. The van der Waals surface area contributed by atoms with Gasteiger partial charge in [0.2, 0.25) is 0 Å². The standard InChI is InChI=1S/C11H16N2O/c1-8-5-9(7-12-6-8)11(14)10-3-2-4-13-10/h5-7,10-11,13-14H,2-4H2,1H3/t10-,11-/m1/s1. The van der Waals surface area contributed by atoms with Crippen LogP contribution in [0, 0.1) is 6.92 Å². The Hall–Kier alpha value is -0.930. The molecule has 0 unspecified atom stereocenters. The smallest absolute Gasteiger partial charge is 0.0957 e. The summed E-state index contributed by atoms with van der Waals surface area (Å²) in [7, 11) is 0. The van der Waals surface area contributed by atoms with Gasteiger partial charge in [-0.3, -0.25) is 4.98 Å². The van der Waals surface area contributed by atoms with Crippen LogP contribution in [0.1, 0.15) is 30.1 Å². The summed E-state index contributed by atoms with van der Waals surface area (Å²) in [6, 6.07) is 2.20. The Morgan fingerprint density at radius 2 is 2.43 bits per heavy atom. The van der Waals surface area contributed by atoms with Crippen molar-refractivity contribution in [2.24, 2.45) is 0 Å². The van der Waals surface area contributed by atoms with Gasteiger partial charge in [0.15, 0.2) is 0 Å². The monoisotopic (exact) mass is 192 g/mol. The number of aryl methyl sites for hydroxylation is 1. The minimum Gasteiger partial charge on any atom is -0.387 e. The molecular weight excluding hydrogens is 176 g/mol. The van der Waals surface area contributed by atoms with Crippen LogP contribution in [0.5, 0.6) is 0 Å². The van der Waals surface area contributed by atoms with Crippen molar-refractivity contribution in [3.63, 3.8) is 0 Å². The Bertz CT molecular complexity index is 308. The summed E-state index contributed by atoms with van der Waals surface area (Å²) in [6.45, 7) is 3.01. The van der Waals surface area contributed by atoms with Gasteiger partial charge >= 0.3 is 0 Å². The second-order valence-electron chi connectivity index (χ2n) is 3.94. The Kier molecular flexibility index (Phi) is 2.79. The molecule has 1 aromatic heterocycles. The molecule has 1 aliphatic heterocycles.